The Bertz CT molecular complexity index is 860. The monoisotopic (exact) mass is 336 g/mol. The molecule has 0 saturated carbocycles. The van der Waals surface area contributed by atoms with Crippen LogP contribution in [0.15, 0.2) is 33.5 Å². The van der Waals surface area contributed by atoms with Gasteiger partial charge in [-0.25, -0.2) is 13.6 Å². The maximum Gasteiger partial charge on any atom is 0.349 e. The van der Waals surface area contributed by atoms with Crippen LogP contribution in [0.4, 0.5) is 14.5 Å². The third kappa shape index (κ3) is 3.25. The van der Waals surface area contributed by atoms with Crippen LogP contribution >= 0.6 is 0 Å². The summed E-state index contributed by atoms with van der Waals surface area (Å²) in [5.74, 6) is -3.19. The summed E-state index contributed by atoms with van der Waals surface area (Å²) >= 11 is 0. The quantitative estimate of drug-likeness (QED) is 0.857. The Labute approximate surface area is 137 Å². The second-order valence-electron chi connectivity index (χ2n) is 7.09. The van der Waals surface area contributed by atoms with Gasteiger partial charge in [0, 0.05) is 22.7 Å². The number of carbonyl (C=O) groups is 1. The first kappa shape index (κ1) is 16.4. The van der Waals surface area contributed by atoms with Crippen LogP contribution in [0.5, 0.6) is 0 Å². The predicted molar refractivity (Wildman–Crippen MR) is 86.9 cm³/mol. The first-order valence-corrected chi connectivity index (χ1v) is 7.57. The molecule has 1 saturated heterocycles. The van der Waals surface area contributed by atoms with Crippen LogP contribution in [0, 0.1) is 0 Å². The molecule has 24 heavy (non-hydrogen) atoms. The zero-order valence-electron chi connectivity index (χ0n) is 13.7. The van der Waals surface area contributed by atoms with Gasteiger partial charge in [0.15, 0.2) is 0 Å². The van der Waals surface area contributed by atoms with Crippen molar-refractivity contribution >= 4 is 22.6 Å². The summed E-state index contributed by atoms with van der Waals surface area (Å²) in [6.07, 6.45) is 0. The number of nitrogens with one attached hydrogen (secondary N) is 1. The Kier molecular flexibility index (Phi) is 3.62. The maximum atomic E-state index is 13.0. The number of amides is 1. The van der Waals surface area contributed by atoms with Crippen molar-refractivity contribution in [3.05, 3.63) is 40.2 Å². The molecule has 0 spiro atoms. The molecule has 1 aromatic carbocycles. The lowest BCUT2D eigenvalue weighted by atomic mass is 10.1. The van der Waals surface area contributed by atoms with Gasteiger partial charge in [-0.05, 0) is 39.0 Å². The highest BCUT2D eigenvalue weighted by Crippen LogP contribution is 2.33. The van der Waals surface area contributed by atoms with Gasteiger partial charge in [0.1, 0.15) is 11.1 Å². The van der Waals surface area contributed by atoms with E-state index in [1.165, 1.54) is 17.0 Å². The first-order chi connectivity index (χ1) is 11.0. The van der Waals surface area contributed by atoms with Crippen LogP contribution in [0.2, 0.25) is 0 Å². The lowest BCUT2D eigenvalue weighted by Crippen LogP contribution is -2.56. The summed E-state index contributed by atoms with van der Waals surface area (Å²) in [6.45, 7) is 4.72. The Morgan fingerprint density at radius 1 is 1.25 bits per heavy atom. The molecule has 1 aromatic heterocycles. The maximum absolute atomic E-state index is 13.0. The topological polar surface area (TPSA) is 62.6 Å². The van der Waals surface area contributed by atoms with E-state index in [4.69, 9.17) is 4.42 Å². The Balaban J connectivity index is 1.92. The van der Waals surface area contributed by atoms with E-state index in [1.807, 2.05) is 20.8 Å². The average molecular weight is 336 g/mol. The molecule has 2 aromatic rings. The van der Waals surface area contributed by atoms with E-state index in [9.17, 15) is 18.4 Å². The molecule has 2 heterocycles. The smallest absolute Gasteiger partial charge is 0.349 e. The fourth-order valence-electron chi connectivity index (χ4n) is 2.56. The van der Waals surface area contributed by atoms with Crippen molar-refractivity contribution in [1.82, 2.24) is 5.32 Å². The van der Waals surface area contributed by atoms with Gasteiger partial charge in [-0.15, -0.1) is 0 Å². The minimum absolute atomic E-state index is 0.0827. The molecule has 128 valence electrons. The molecule has 0 bridgehead atoms. The lowest BCUT2D eigenvalue weighted by molar-refractivity contribution is -0.0262. The van der Waals surface area contributed by atoms with Gasteiger partial charge in [-0.2, -0.15) is 0 Å². The van der Waals surface area contributed by atoms with Crippen molar-refractivity contribution in [3.63, 3.8) is 0 Å². The van der Waals surface area contributed by atoms with Gasteiger partial charge in [0.2, 0.25) is 0 Å². The SMILES string of the molecule is CC(C)(C)NC(=O)c1cc2ccc(N3CC(F)(F)C3)cc2oc1=O. The molecule has 1 aliphatic rings. The van der Waals surface area contributed by atoms with Gasteiger partial charge in [0.25, 0.3) is 11.8 Å². The fourth-order valence-corrected chi connectivity index (χ4v) is 2.56. The molecule has 0 radical (unpaired) electrons. The van der Waals surface area contributed by atoms with Crippen molar-refractivity contribution in [2.24, 2.45) is 0 Å². The summed E-state index contributed by atoms with van der Waals surface area (Å²) in [4.78, 5) is 25.7. The van der Waals surface area contributed by atoms with Crippen LogP contribution in [-0.4, -0.2) is 30.5 Å². The van der Waals surface area contributed by atoms with E-state index in [-0.39, 0.29) is 24.2 Å². The molecule has 0 atom stereocenters. The zero-order valence-corrected chi connectivity index (χ0v) is 13.7. The Morgan fingerprint density at radius 2 is 1.92 bits per heavy atom. The molecule has 7 heteroatoms. The number of hydrogen-bond donors (Lipinski definition) is 1. The van der Waals surface area contributed by atoms with E-state index in [0.717, 1.165) is 0 Å². The largest absolute Gasteiger partial charge is 0.422 e. The first-order valence-electron chi connectivity index (χ1n) is 7.57. The van der Waals surface area contributed by atoms with Crippen LogP contribution in [0.3, 0.4) is 0 Å². The molecular weight excluding hydrogens is 318 g/mol. The summed E-state index contributed by atoms with van der Waals surface area (Å²) in [5.41, 5.74) is -0.495. The Hall–Kier alpha value is -2.44. The molecule has 1 amide bonds. The highest BCUT2D eigenvalue weighted by atomic mass is 19.3. The third-order valence-corrected chi connectivity index (χ3v) is 3.66. The van der Waals surface area contributed by atoms with Crippen molar-refractivity contribution in [3.8, 4) is 0 Å². The van der Waals surface area contributed by atoms with Crippen molar-refractivity contribution in [1.29, 1.82) is 0 Å². The number of halogens is 2. The van der Waals surface area contributed by atoms with Crippen LogP contribution in [0.1, 0.15) is 31.1 Å². The molecule has 1 N–H and O–H groups in total. The van der Waals surface area contributed by atoms with E-state index in [2.05, 4.69) is 5.32 Å². The number of nitrogens with zero attached hydrogens (tertiary/aromatic N) is 1. The van der Waals surface area contributed by atoms with Gasteiger partial charge < -0.3 is 14.6 Å². The second-order valence-corrected chi connectivity index (χ2v) is 7.09. The van der Waals surface area contributed by atoms with Crippen LogP contribution in [-0.2, 0) is 0 Å². The molecule has 1 aliphatic heterocycles. The molecule has 0 aliphatic carbocycles. The van der Waals surface area contributed by atoms with Crippen LogP contribution < -0.4 is 15.8 Å². The molecule has 5 nitrogen and oxygen atoms in total. The summed E-state index contributed by atoms with van der Waals surface area (Å²) in [7, 11) is 0. The van der Waals surface area contributed by atoms with Crippen molar-refractivity contribution in [2.75, 3.05) is 18.0 Å². The zero-order chi connectivity index (χ0) is 17.7. The number of anilines is 1. The van der Waals surface area contributed by atoms with E-state index in [0.29, 0.717) is 11.1 Å². The number of benzene rings is 1. The minimum Gasteiger partial charge on any atom is -0.422 e. The van der Waals surface area contributed by atoms with Crippen LogP contribution in [0.25, 0.3) is 11.0 Å². The van der Waals surface area contributed by atoms with E-state index in [1.54, 1.807) is 12.1 Å². The summed E-state index contributed by atoms with van der Waals surface area (Å²) in [6, 6.07) is 6.31. The van der Waals surface area contributed by atoms with Gasteiger partial charge in [-0.1, -0.05) is 0 Å². The number of rotatable bonds is 2. The van der Waals surface area contributed by atoms with E-state index >= 15 is 0 Å². The average Bonchev–Trinajstić information content (AvgIpc) is 2.41. The van der Waals surface area contributed by atoms with E-state index < -0.39 is 23.0 Å². The predicted octanol–water partition coefficient (Wildman–Crippen LogP) is 2.78. The lowest BCUT2D eigenvalue weighted by Gasteiger charge is -2.40. The number of hydrogen-bond acceptors (Lipinski definition) is 4. The van der Waals surface area contributed by atoms with Crippen molar-refractivity contribution in [2.45, 2.75) is 32.2 Å². The fraction of sp³-hybridized carbons (Fsp3) is 0.412. The van der Waals surface area contributed by atoms with Gasteiger partial charge in [0.05, 0.1) is 13.1 Å². The standard InChI is InChI=1S/C17H18F2N2O3/c1-16(2,3)20-14(22)12-6-10-4-5-11(7-13(10)24-15(12)23)21-8-17(18,19)9-21/h4-7H,8-9H2,1-3H3,(H,20,22). The summed E-state index contributed by atoms with van der Waals surface area (Å²) in [5, 5.41) is 3.27. The van der Waals surface area contributed by atoms with Crippen molar-refractivity contribution < 1.29 is 18.0 Å². The molecule has 3 rings (SSSR count). The third-order valence-electron chi connectivity index (χ3n) is 3.66. The number of fused-ring (bicyclic) bond motifs is 1. The van der Waals surface area contributed by atoms with Gasteiger partial charge >= 0.3 is 5.63 Å². The minimum atomic E-state index is -2.68. The highest BCUT2D eigenvalue weighted by molar-refractivity contribution is 5.97. The molecule has 0 unspecified atom stereocenters. The highest BCUT2D eigenvalue weighted by Gasteiger charge is 2.43. The Morgan fingerprint density at radius 3 is 2.50 bits per heavy atom. The molecule has 1 fully saturated rings. The van der Waals surface area contributed by atoms with Gasteiger partial charge in [-0.3, -0.25) is 4.79 Å². The number of carbonyl (C=O) groups excluding carboxylic acids is 1. The second kappa shape index (κ2) is 5.29. The molecular formula is C17H18F2N2O3. The normalized spacial score (nSPS) is 16.8. The summed E-state index contributed by atoms with van der Waals surface area (Å²) < 4.78 is 31.1. The number of alkyl halides is 2.